The van der Waals surface area contributed by atoms with Crippen LogP contribution in [0.15, 0.2) is 31.2 Å². The fourth-order valence-electron chi connectivity index (χ4n) is 1.09. The van der Waals surface area contributed by atoms with Crippen molar-refractivity contribution in [3.05, 3.63) is 41.6 Å². The minimum atomic E-state index is -0.0335. The smallest absolute Gasteiger partial charge is 0.0936 e. The average molecular weight is 373 g/mol. The maximum Gasteiger partial charge on any atom is 0.0936 e. The van der Waals surface area contributed by atoms with Crippen molar-refractivity contribution >= 4 is 66.1 Å². The molecule has 0 N–H and O–H groups in total. The summed E-state index contributed by atoms with van der Waals surface area (Å²) < 4.78 is 2.24. The Balaban J connectivity index is 2.28. The number of hydrogen-bond acceptors (Lipinski definition) is 2. The summed E-state index contributed by atoms with van der Waals surface area (Å²) in [5, 5.41) is 2.05. The van der Waals surface area contributed by atoms with Gasteiger partial charge in [-0.05, 0) is 61.0 Å². The van der Waals surface area contributed by atoms with E-state index in [-0.39, 0.29) is 5.38 Å². The van der Waals surface area contributed by atoms with Crippen LogP contribution in [-0.2, 0) is 0 Å². The zero-order valence-corrected chi connectivity index (χ0v) is 12.4. The molecule has 1 unspecified atom stereocenters. The molecule has 2 rings (SSSR count). The van der Waals surface area contributed by atoms with Gasteiger partial charge in [-0.3, -0.25) is 0 Å². The first-order valence-electron chi connectivity index (χ1n) is 3.80. The molecule has 0 aliphatic carbocycles. The normalized spacial score (nSPS) is 13.1. The van der Waals surface area contributed by atoms with Gasteiger partial charge >= 0.3 is 0 Å². The summed E-state index contributed by atoms with van der Waals surface area (Å²) in [6.07, 6.45) is 0. The Bertz CT molecular complexity index is 395. The zero-order chi connectivity index (χ0) is 10.1. The molecule has 0 spiro atoms. The van der Waals surface area contributed by atoms with E-state index >= 15 is 0 Å². The van der Waals surface area contributed by atoms with Gasteiger partial charge in [0.2, 0.25) is 0 Å². The molecular weight excluding hydrogens is 367 g/mol. The summed E-state index contributed by atoms with van der Waals surface area (Å²) in [5.74, 6) is 0. The van der Waals surface area contributed by atoms with E-state index < -0.39 is 0 Å². The first-order valence-corrected chi connectivity index (χ1v) is 7.52. The molecule has 2 aromatic rings. The Morgan fingerprint density at radius 2 is 2.00 bits per heavy atom. The molecule has 2 heterocycles. The summed E-state index contributed by atoms with van der Waals surface area (Å²) in [6, 6.07) is 6.14. The van der Waals surface area contributed by atoms with E-state index in [0.717, 1.165) is 13.1 Å². The van der Waals surface area contributed by atoms with Crippen molar-refractivity contribution < 1.29 is 0 Å². The Morgan fingerprint density at radius 1 is 1.21 bits per heavy atom. The highest BCUT2D eigenvalue weighted by molar-refractivity contribution is 9.11. The van der Waals surface area contributed by atoms with Crippen LogP contribution in [0.25, 0.3) is 0 Å². The maximum absolute atomic E-state index is 6.33. The van der Waals surface area contributed by atoms with Crippen molar-refractivity contribution in [2.45, 2.75) is 5.38 Å². The van der Waals surface area contributed by atoms with Crippen molar-refractivity contribution in [2.24, 2.45) is 0 Å². The summed E-state index contributed by atoms with van der Waals surface area (Å²) in [4.78, 5) is 1.17. The zero-order valence-electron chi connectivity index (χ0n) is 6.84. The van der Waals surface area contributed by atoms with E-state index in [1.165, 1.54) is 4.88 Å². The van der Waals surface area contributed by atoms with Crippen molar-refractivity contribution in [2.75, 3.05) is 0 Å². The third kappa shape index (κ3) is 2.42. The molecule has 5 heteroatoms. The van der Waals surface area contributed by atoms with Crippen molar-refractivity contribution in [3.8, 4) is 0 Å². The topological polar surface area (TPSA) is 0 Å². The predicted octanol–water partition coefficient (Wildman–Crippen LogP) is 5.66. The molecule has 0 saturated carbocycles. The number of halogens is 3. The van der Waals surface area contributed by atoms with Gasteiger partial charge < -0.3 is 0 Å². The van der Waals surface area contributed by atoms with Crippen LogP contribution in [-0.4, -0.2) is 0 Å². The molecule has 0 radical (unpaired) electrons. The highest BCUT2D eigenvalue weighted by Crippen LogP contribution is 2.38. The van der Waals surface area contributed by atoms with Crippen molar-refractivity contribution in [1.29, 1.82) is 0 Å². The highest BCUT2D eigenvalue weighted by atomic mass is 79.9. The molecule has 1 atom stereocenters. The SMILES string of the molecule is ClC(c1csc(Br)c1)c1ccc(Br)s1. The van der Waals surface area contributed by atoms with Crippen LogP contribution in [0.4, 0.5) is 0 Å². The summed E-state index contributed by atoms with van der Waals surface area (Å²) in [5.41, 5.74) is 1.15. The van der Waals surface area contributed by atoms with Crippen LogP contribution < -0.4 is 0 Å². The Kier molecular flexibility index (Phi) is 3.71. The van der Waals surface area contributed by atoms with Crippen LogP contribution in [0.2, 0.25) is 0 Å². The van der Waals surface area contributed by atoms with Crippen LogP contribution in [0.1, 0.15) is 15.8 Å². The molecule has 0 aliphatic heterocycles. The lowest BCUT2D eigenvalue weighted by Gasteiger charge is -2.02. The van der Waals surface area contributed by atoms with Crippen LogP contribution in [0.5, 0.6) is 0 Å². The summed E-state index contributed by atoms with van der Waals surface area (Å²) in [6.45, 7) is 0. The van der Waals surface area contributed by atoms with E-state index in [4.69, 9.17) is 11.6 Å². The first kappa shape index (κ1) is 11.1. The number of hydrogen-bond donors (Lipinski definition) is 0. The van der Waals surface area contributed by atoms with Gasteiger partial charge in [0.1, 0.15) is 0 Å². The first-order chi connectivity index (χ1) is 6.66. The molecule has 0 nitrogen and oxygen atoms in total. The second-order valence-corrected chi connectivity index (χ2v) is 7.91. The van der Waals surface area contributed by atoms with E-state index in [1.54, 1.807) is 22.7 Å². The fraction of sp³-hybridized carbons (Fsp3) is 0.111. The maximum atomic E-state index is 6.33. The lowest BCUT2D eigenvalue weighted by molar-refractivity contribution is 1.20. The van der Waals surface area contributed by atoms with Gasteiger partial charge in [0.15, 0.2) is 0 Å². The highest BCUT2D eigenvalue weighted by Gasteiger charge is 2.14. The number of alkyl halides is 1. The molecular formula is C9H5Br2ClS2. The van der Waals surface area contributed by atoms with Gasteiger partial charge in [-0.2, -0.15) is 0 Å². The van der Waals surface area contributed by atoms with E-state index in [0.29, 0.717) is 0 Å². The van der Waals surface area contributed by atoms with E-state index in [9.17, 15) is 0 Å². The minimum absolute atomic E-state index is 0.0335. The average Bonchev–Trinajstić information content (AvgIpc) is 2.73. The fourth-order valence-corrected chi connectivity index (χ4v) is 4.12. The third-order valence-corrected chi connectivity index (χ3v) is 5.55. The molecule has 74 valence electrons. The Labute approximate surface area is 112 Å². The van der Waals surface area contributed by atoms with Crippen molar-refractivity contribution in [3.63, 3.8) is 0 Å². The summed E-state index contributed by atoms with van der Waals surface area (Å²) in [7, 11) is 0. The van der Waals surface area contributed by atoms with Gasteiger partial charge in [-0.25, -0.2) is 0 Å². The number of rotatable bonds is 2. The largest absolute Gasteiger partial charge is 0.136 e. The quantitative estimate of drug-likeness (QED) is 0.597. The van der Waals surface area contributed by atoms with Crippen molar-refractivity contribution in [1.82, 2.24) is 0 Å². The standard InChI is InChI=1S/C9H5Br2ClS2/c10-7-2-1-6(14-7)9(12)5-3-8(11)13-4-5/h1-4,9H. The van der Waals surface area contributed by atoms with Gasteiger partial charge in [0, 0.05) is 4.88 Å². The molecule has 0 saturated heterocycles. The number of thiophene rings is 2. The molecule has 14 heavy (non-hydrogen) atoms. The van der Waals surface area contributed by atoms with Gasteiger partial charge in [-0.1, -0.05) is 0 Å². The van der Waals surface area contributed by atoms with Gasteiger partial charge in [0.25, 0.3) is 0 Å². The molecule has 0 aromatic carbocycles. The Hall–Kier alpha value is 0.650. The second kappa shape index (κ2) is 4.66. The van der Waals surface area contributed by atoms with Gasteiger partial charge in [-0.15, -0.1) is 34.3 Å². The lowest BCUT2D eigenvalue weighted by Crippen LogP contribution is -1.85. The van der Waals surface area contributed by atoms with Gasteiger partial charge in [0.05, 0.1) is 12.9 Å². The third-order valence-electron chi connectivity index (χ3n) is 1.72. The second-order valence-electron chi connectivity index (χ2n) is 2.69. The van der Waals surface area contributed by atoms with Crippen LogP contribution in [0, 0.1) is 0 Å². The van der Waals surface area contributed by atoms with Crippen LogP contribution >= 0.6 is 66.1 Å². The Morgan fingerprint density at radius 3 is 2.50 bits per heavy atom. The summed E-state index contributed by atoms with van der Waals surface area (Å²) >= 11 is 16.5. The lowest BCUT2D eigenvalue weighted by atomic mass is 10.2. The molecule has 0 bridgehead atoms. The van der Waals surface area contributed by atoms with E-state index in [2.05, 4.69) is 49.4 Å². The van der Waals surface area contributed by atoms with Crippen LogP contribution in [0.3, 0.4) is 0 Å². The monoisotopic (exact) mass is 370 g/mol. The molecule has 0 amide bonds. The van der Waals surface area contributed by atoms with E-state index in [1.807, 2.05) is 6.07 Å². The molecule has 2 aromatic heterocycles. The molecule has 0 aliphatic rings. The predicted molar refractivity (Wildman–Crippen MR) is 71.7 cm³/mol. The molecule has 0 fully saturated rings. The minimum Gasteiger partial charge on any atom is -0.136 e.